The number of hydrogen-bond donors (Lipinski definition) is 2. The molecule has 0 bridgehead atoms. The number of aromatic nitrogens is 1. The molecular weight excluding hydrogens is 370 g/mol. The minimum absolute atomic E-state index is 0.258. The Balaban J connectivity index is 1.67. The molecule has 0 aliphatic heterocycles. The Bertz CT molecular complexity index is 974. The quantitative estimate of drug-likeness (QED) is 0.606. The van der Waals surface area contributed by atoms with E-state index in [0.29, 0.717) is 23.7 Å². The molecule has 0 fully saturated rings. The molecule has 3 aromatic rings. The van der Waals surface area contributed by atoms with Gasteiger partial charge in [0.1, 0.15) is 22.9 Å². The second kappa shape index (κ2) is 9.45. The second-order valence-corrected chi connectivity index (χ2v) is 6.15. The molecule has 0 aliphatic carbocycles. The first kappa shape index (κ1) is 20.0. The number of hydrogen-bond acceptors (Lipinski definition) is 6. The molecule has 7 nitrogen and oxygen atoms in total. The number of carbonyl (C=O) groups excluding carboxylic acids is 1. The van der Waals surface area contributed by atoms with Crippen molar-refractivity contribution in [3.05, 3.63) is 72.1 Å². The van der Waals surface area contributed by atoms with Crippen LogP contribution >= 0.6 is 0 Å². The Morgan fingerprint density at radius 1 is 0.897 bits per heavy atom. The molecule has 0 radical (unpaired) electrons. The van der Waals surface area contributed by atoms with E-state index in [1.54, 1.807) is 45.7 Å². The lowest BCUT2D eigenvalue weighted by Gasteiger charge is -2.13. The number of anilines is 2. The van der Waals surface area contributed by atoms with E-state index in [0.717, 1.165) is 22.7 Å². The third-order valence-electron chi connectivity index (χ3n) is 4.29. The molecule has 0 unspecified atom stereocenters. The number of amides is 1. The molecule has 0 saturated heterocycles. The van der Waals surface area contributed by atoms with E-state index >= 15 is 0 Å². The Hall–Kier alpha value is -3.74. The first-order chi connectivity index (χ1) is 14.1. The maximum Gasteiger partial charge on any atom is 0.270 e. The molecule has 1 heterocycles. The van der Waals surface area contributed by atoms with Crippen LogP contribution in [-0.2, 0) is 6.54 Å². The molecule has 1 amide bonds. The molecule has 1 aromatic heterocycles. The van der Waals surface area contributed by atoms with Gasteiger partial charge >= 0.3 is 0 Å². The third-order valence-corrected chi connectivity index (χ3v) is 4.29. The van der Waals surface area contributed by atoms with Gasteiger partial charge in [-0.1, -0.05) is 12.1 Å². The monoisotopic (exact) mass is 393 g/mol. The highest BCUT2D eigenvalue weighted by Crippen LogP contribution is 2.31. The smallest absolute Gasteiger partial charge is 0.270 e. The molecule has 2 aromatic carbocycles. The molecule has 150 valence electrons. The number of nitrogens with one attached hydrogen (secondary N) is 2. The number of rotatable bonds is 8. The van der Waals surface area contributed by atoms with Gasteiger partial charge in [0.05, 0.1) is 27.0 Å². The summed E-state index contributed by atoms with van der Waals surface area (Å²) in [6.45, 7) is 0.397. The van der Waals surface area contributed by atoms with E-state index in [-0.39, 0.29) is 5.91 Å². The first-order valence-corrected chi connectivity index (χ1v) is 8.99. The van der Waals surface area contributed by atoms with Crippen LogP contribution in [0, 0.1) is 0 Å². The largest absolute Gasteiger partial charge is 0.497 e. The predicted molar refractivity (Wildman–Crippen MR) is 111 cm³/mol. The summed E-state index contributed by atoms with van der Waals surface area (Å²) in [5.74, 6) is 1.84. The predicted octanol–water partition coefficient (Wildman–Crippen LogP) is 3.78. The fraction of sp³-hybridized carbons (Fsp3) is 0.182. The van der Waals surface area contributed by atoms with Crippen LogP contribution in [0.3, 0.4) is 0 Å². The molecule has 0 spiro atoms. The third kappa shape index (κ3) is 5.16. The summed E-state index contributed by atoms with van der Waals surface area (Å²) in [6, 6.07) is 16.4. The van der Waals surface area contributed by atoms with E-state index in [4.69, 9.17) is 14.2 Å². The highest BCUT2D eigenvalue weighted by atomic mass is 16.5. The minimum atomic E-state index is -0.258. The molecule has 3 rings (SSSR count). The van der Waals surface area contributed by atoms with E-state index in [1.165, 1.54) is 0 Å². The summed E-state index contributed by atoms with van der Waals surface area (Å²) < 4.78 is 15.7. The fourth-order valence-corrected chi connectivity index (χ4v) is 2.71. The van der Waals surface area contributed by atoms with Crippen LogP contribution in [0.1, 0.15) is 16.1 Å². The average molecular weight is 393 g/mol. The van der Waals surface area contributed by atoms with Crippen LogP contribution in [0.5, 0.6) is 17.2 Å². The minimum Gasteiger partial charge on any atom is -0.497 e. The maximum atomic E-state index is 12.5. The Kier molecular flexibility index (Phi) is 6.52. The van der Waals surface area contributed by atoms with Crippen LogP contribution in [0.4, 0.5) is 11.4 Å². The van der Waals surface area contributed by atoms with Gasteiger partial charge in [0.25, 0.3) is 5.91 Å². The van der Waals surface area contributed by atoms with Crippen molar-refractivity contribution in [2.45, 2.75) is 6.54 Å². The Labute approximate surface area is 169 Å². The number of nitrogens with zero attached hydrogens (tertiary/aromatic N) is 1. The normalized spacial score (nSPS) is 10.2. The van der Waals surface area contributed by atoms with Crippen molar-refractivity contribution in [3.8, 4) is 17.2 Å². The number of ether oxygens (including phenoxy) is 3. The molecule has 7 heteroatoms. The van der Waals surface area contributed by atoms with Crippen molar-refractivity contribution in [2.24, 2.45) is 0 Å². The number of benzene rings is 2. The van der Waals surface area contributed by atoms with Crippen molar-refractivity contribution in [3.63, 3.8) is 0 Å². The lowest BCUT2D eigenvalue weighted by atomic mass is 10.2. The average Bonchev–Trinajstić information content (AvgIpc) is 2.78. The Morgan fingerprint density at radius 2 is 1.62 bits per heavy atom. The molecular formula is C22H23N3O4. The lowest BCUT2D eigenvalue weighted by molar-refractivity contribution is 0.0946. The molecule has 29 heavy (non-hydrogen) atoms. The highest BCUT2D eigenvalue weighted by molar-refractivity contribution is 5.93. The van der Waals surface area contributed by atoms with Crippen molar-refractivity contribution < 1.29 is 19.0 Å². The summed E-state index contributed by atoms with van der Waals surface area (Å²) in [7, 11) is 4.80. The highest BCUT2D eigenvalue weighted by Gasteiger charge is 2.10. The van der Waals surface area contributed by atoms with Crippen LogP contribution in [0.25, 0.3) is 0 Å². The SMILES string of the molecule is COc1ccc(CNC(=O)c2cc(Nc3ccc(OC)cc3OC)ccn2)cc1. The summed E-state index contributed by atoms with van der Waals surface area (Å²) in [4.78, 5) is 16.7. The van der Waals surface area contributed by atoms with Gasteiger partial charge in [-0.05, 0) is 42.0 Å². The van der Waals surface area contributed by atoms with E-state index < -0.39 is 0 Å². The van der Waals surface area contributed by atoms with Gasteiger partial charge in [-0.15, -0.1) is 0 Å². The molecule has 0 atom stereocenters. The van der Waals surface area contributed by atoms with Gasteiger partial charge in [0, 0.05) is 24.5 Å². The van der Waals surface area contributed by atoms with Crippen molar-refractivity contribution in [1.82, 2.24) is 10.3 Å². The number of carbonyl (C=O) groups is 1. The summed E-state index contributed by atoms with van der Waals surface area (Å²) in [5.41, 5.74) is 2.76. The molecule has 2 N–H and O–H groups in total. The maximum absolute atomic E-state index is 12.5. The zero-order valence-corrected chi connectivity index (χ0v) is 16.6. The zero-order chi connectivity index (χ0) is 20.6. The van der Waals surface area contributed by atoms with Crippen molar-refractivity contribution in [2.75, 3.05) is 26.6 Å². The summed E-state index contributed by atoms with van der Waals surface area (Å²) >= 11 is 0. The van der Waals surface area contributed by atoms with Crippen molar-refractivity contribution >= 4 is 17.3 Å². The van der Waals surface area contributed by atoms with Crippen LogP contribution in [0.15, 0.2) is 60.8 Å². The van der Waals surface area contributed by atoms with Gasteiger partial charge in [-0.2, -0.15) is 0 Å². The molecule has 0 aliphatic rings. The van der Waals surface area contributed by atoms with Crippen LogP contribution in [-0.4, -0.2) is 32.2 Å². The van der Waals surface area contributed by atoms with E-state index in [2.05, 4.69) is 15.6 Å². The van der Waals surface area contributed by atoms with Crippen LogP contribution in [0.2, 0.25) is 0 Å². The fourth-order valence-electron chi connectivity index (χ4n) is 2.71. The van der Waals surface area contributed by atoms with E-state index in [9.17, 15) is 4.79 Å². The second-order valence-electron chi connectivity index (χ2n) is 6.15. The lowest BCUT2D eigenvalue weighted by Crippen LogP contribution is -2.23. The number of pyridine rings is 1. The van der Waals surface area contributed by atoms with Gasteiger partial charge < -0.3 is 24.8 Å². The molecule has 0 saturated carbocycles. The standard InChI is InChI=1S/C22H23N3O4/c1-27-17-6-4-15(5-7-17)14-24-22(26)20-12-16(10-11-23-20)25-19-9-8-18(28-2)13-21(19)29-3/h4-13H,14H2,1-3H3,(H,23,25)(H,24,26). The van der Waals surface area contributed by atoms with Gasteiger partial charge in [-0.3, -0.25) is 9.78 Å². The van der Waals surface area contributed by atoms with Gasteiger partial charge in [0.15, 0.2) is 0 Å². The zero-order valence-electron chi connectivity index (χ0n) is 16.6. The van der Waals surface area contributed by atoms with Crippen molar-refractivity contribution in [1.29, 1.82) is 0 Å². The van der Waals surface area contributed by atoms with E-state index in [1.807, 2.05) is 36.4 Å². The van der Waals surface area contributed by atoms with Gasteiger partial charge in [0.2, 0.25) is 0 Å². The number of methoxy groups -OCH3 is 3. The topological polar surface area (TPSA) is 81.7 Å². The first-order valence-electron chi connectivity index (χ1n) is 8.99. The summed E-state index contributed by atoms with van der Waals surface area (Å²) in [5, 5.41) is 6.11. The van der Waals surface area contributed by atoms with Gasteiger partial charge in [-0.25, -0.2) is 0 Å². The van der Waals surface area contributed by atoms with Crippen LogP contribution < -0.4 is 24.8 Å². The Morgan fingerprint density at radius 3 is 2.31 bits per heavy atom. The summed E-state index contributed by atoms with van der Waals surface area (Å²) in [6.07, 6.45) is 1.58.